The Morgan fingerprint density at radius 2 is 2.00 bits per heavy atom. The van der Waals surface area contributed by atoms with Gasteiger partial charge in [-0.15, -0.1) is 0 Å². The van der Waals surface area contributed by atoms with E-state index < -0.39 is 0 Å². The minimum atomic E-state index is -0.0480. The fourth-order valence-electron chi connectivity index (χ4n) is 2.02. The zero-order valence-corrected chi connectivity index (χ0v) is 14.3. The largest absolute Gasteiger partial charge is 0.490 e. The van der Waals surface area contributed by atoms with Crippen LogP contribution in [-0.2, 0) is 13.2 Å². The summed E-state index contributed by atoms with van der Waals surface area (Å²) in [7, 11) is 0. The summed E-state index contributed by atoms with van der Waals surface area (Å²) in [5.74, 6) is 1.24. The molecule has 2 aromatic carbocycles. The maximum Gasteiger partial charge on any atom is 0.174 e. The minimum absolute atomic E-state index is 0.0480. The first-order valence-electron chi connectivity index (χ1n) is 6.86. The van der Waals surface area contributed by atoms with Crippen molar-refractivity contribution < 1.29 is 14.6 Å². The van der Waals surface area contributed by atoms with Crippen molar-refractivity contribution in [2.24, 2.45) is 0 Å². The van der Waals surface area contributed by atoms with Gasteiger partial charge < -0.3 is 14.6 Å². The fraction of sp³-hybridized carbons (Fsp3) is 0.235. The van der Waals surface area contributed by atoms with Crippen LogP contribution in [0.2, 0.25) is 0 Å². The van der Waals surface area contributed by atoms with E-state index in [0.717, 1.165) is 14.7 Å². The number of ether oxygens (including phenoxy) is 2. The smallest absolute Gasteiger partial charge is 0.174 e. The van der Waals surface area contributed by atoms with Crippen LogP contribution >= 0.6 is 22.6 Å². The third-order valence-electron chi connectivity index (χ3n) is 3.06. The Hall–Kier alpha value is -1.78. The molecule has 114 valence electrons. The fourth-order valence-corrected chi connectivity index (χ4v) is 2.84. The third kappa shape index (κ3) is 3.90. The summed E-state index contributed by atoms with van der Waals surface area (Å²) in [6.45, 7) is 2.65. The van der Waals surface area contributed by atoms with Gasteiger partial charge in [0.05, 0.1) is 28.4 Å². The van der Waals surface area contributed by atoms with Crippen LogP contribution < -0.4 is 9.47 Å². The quantitative estimate of drug-likeness (QED) is 0.741. The van der Waals surface area contributed by atoms with Crippen molar-refractivity contribution in [1.82, 2.24) is 0 Å². The maximum absolute atomic E-state index is 9.29. The van der Waals surface area contributed by atoms with Crippen LogP contribution in [0.4, 0.5) is 0 Å². The van der Waals surface area contributed by atoms with Crippen molar-refractivity contribution in [3.05, 3.63) is 56.7 Å². The lowest BCUT2D eigenvalue weighted by molar-refractivity contribution is 0.262. The molecule has 0 spiro atoms. The standard InChI is InChI=1S/C17H16INO3/c1-2-21-16-8-12(10-20)7-15(18)17(16)22-11-14-6-4-3-5-13(14)9-19/h3-8,20H,2,10-11H2,1H3. The number of nitriles is 1. The lowest BCUT2D eigenvalue weighted by Crippen LogP contribution is -2.03. The lowest BCUT2D eigenvalue weighted by Gasteiger charge is -2.15. The highest BCUT2D eigenvalue weighted by Gasteiger charge is 2.13. The van der Waals surface area contributed by atoms with Crippen molar-refractivity contribution >= 4 is 22.6 Å². The molecule has 0 fully saturated rings. The van der Waals surface area contributed by atoms with Gasteiger partial charge in [-0.25, -0.2) is 0 Å². The van der Waals surface area contributed by atoms with E-state index in [0.29, 0.717) is 23.7 Å². The summed E-state index contributed by atoms with van der Waals surface area (Å²) < 4.78 is 12.3. The Morgan fingerprint density at radius 3 is 2.68 bits per heavy atom. The second kappa shape index (κ2) is 8.01. The van der Waals surface area contributed by atoms with Gasteiger partial charge in [-0.3, -0.25) is 0 Å². The van der Waals surface area contributed by atoms with Crippen LogP contribution in [0.25, 0.3) is 0 Å². The molecule has 0 unspecified atom stereocenters. The summed E-state index contributed by atoms with van der Waals surface area (Å²) in [5.41, 5.74) is 2.20. The number of hydrogen-bond donors (Lipinski definition) is 1. The van der Waals surface area contributed by atoms with E-state index in [9.17, 15) is 5.11 Å². The van der Waals surface area contributed by atoms with Gasteiger partial charge >= 0.3 is 0 Å². The third-order valence-corrected chi connectivity index (χ3v) is 3.86. The van der Waals surface area contributed by atoms with E-state index in [1.807, 2.05) is 31.2 Å². The van der Waals surface area contributed by atoms with E-state index in [1.54, 1.807) is 12.1 Å². The molecular formula is C17H16INO3. The molecule has 1 N–H and O–H groups in total. The summed E-state index contributed by atoms with van der Waals surface area (Å²) in [6, 6.07) is 13.1. The predicted octanol–water partition coefficient (Wildman–Crippen LogP) is 3.63. The number of nitrogens with zero attached hydrogens (tertiary/aromatic N) is 1. The summed E-state index contributed by atoms with van der Waals surface area (Å²) in [4.78, 5) is 0. The van der Waals surface area contributed by atoms with Gasteiger partial charge in [0.25, 0.3) is 0 Å². The highest BCUT2D eigenvalue weighted by molar-refractivity contribution is 14.1. The van der Waals surface area contributed by atoms with Crippen molar-refractivity contribution in [1.29, 1.82) is 5.26 Å². The van der Waals surface area contributed by atoms with E-state index in [-0.39, 0.29) is 13.2 Å². The number of aliphatic hydroxyl groups is 1. The first kappa shape index (κ1) is 16.6. The van der Waals surface area contributed by atoms with Crippen molar-refractivity contribution in [3.63, 3.8) is 0 Å². The van der Waals surface area contributed by atoms with E-state index in [4.69, 9.17) is 14.7 Å². The average molecular weight is 409 g/mol. The van der Waals surface area contributed by atoms with Crippen molar-refractivity contribution in [2.45, 2.75) is 20.1 Å². The van der Waals surface area contributed by atoms with Crippen LogP contribution in [0.3, 0.4) is 0 Å². The van der Waals surface area contributed by atoms with Gasteiger partial charge in [-0.2, -0.15) is 5.26 Å². The number of rotatable bonds is 6. The molecule has 0 aliphatic heterocycles. The zero-order valence-electron chi connectivity index (χ0n) is 12.2. The maximum atomic E-state index is 9.29. The molecule has 2 aromatic rings. The Bertz CT molecular complexity index is 695. The highest BCUT2D eigenvalue weighted by Crippen LogP contribution is 2.35. The Kier molecular flexibility index (Phi) is 6.04. The molecule has 0 atom stereocenters. The minimum Gasteiger partial charge on any atom is -0.490 e. The second-order valence-corrected chi connectivity index (χ2v) is 5.72. The molecule has 5 heteroatoms. The zero-order chi connectivity index (χ0) is 15.9. The Morgan fingerprint density at radius 1 is 1.23 bits per heavy atom. The van der Waals surface area contributed by atoms with Gasteiger partial charge in [0.15, 0.2) is 11.5 Å². The molecule has 0 aliphatic carbocycles. The topological polar surface area (TPSA) is 62.5 Å². The molecule has 0 saturated carbocycles. The van der Waals surface area contributed by atoms with Crippen LogP contribution in [0.15, 0.2) is 36.4 Å². The molecule has 22 heavy (non-hydrogen) atoms. The van der Waals surface area contributed by atoms with E-state index in [2.05, 4.69) is 28.7 Å². The van der Waals surface area contributed by atoms with Gasteiger partial charge in [0.2, 0.25) is 0 Å². The van der Waals surface area contributed by atoms with Gasteiger partial charge in [-0.05, 0) is 53.3 Å². The first-order chi connectivity index (χ1) is 10.7. The molecule has 0 bridgehead atoms. The Labute approximate surface area is 143 Å². The highest BCUT2D eigenvalue weighted by atomic mass is 127. The normalized spacial score (nSPS) is 10.1. The summed E-state index contributed by atoms with van der Waals surface area (Å²) in [5, 5.41) is 18.4. The summed E-state index contributed by atoms with van der Waals surface area (Å²) in [6.07, 6.45) is 0. The monoisotopic (exact) mass is 409 g/mol. The molecular weight excluding hydrogens is 393 g/mol. The molecule has 0 saturated heterocycles. The van der Waals surface area contributed by atoms with Crippen LogP contribution in [0, 0.1) is 14.9 Å². The van der Waals surface area contributed by atoms with E-state index in [1.165, 1.54) is 0 Å². The SMILES string of the molecule is CCOc1cc(CO)cc(I)c1OCc1ccccc1C#N. The molecule has 0 amide bonds. The number of benzene rings is 2. The number of halogens is 1. The Balaban J connectivity index is 2.27. The van der Waals surface area contributed by atoms with Crippen LogP contribution in [0.5, 0.6) is 11.5 Å². The lowest BCUT2D eigenvalue weighted by atomic mass is 10.1. The number of aliphatic hydroxyl groups excluding tert-OH is 1. The molecule has 0 aliphatic rings. The number of hydrogen-bond acceptors (Lipinski definition) is 4. The summed E-state index contributed by atoms with van der Waals surface area (Å²) >= 11 is 2.15. The van der Waals surface area contributed by atoms with Crippen LogP contribution in [-0.4, -0.2) is 11.7 Å². The van der Waals surface area contributed by atoms with Gasteiger partial charge in [0, 0.05) is 5.56 Å². The second-order valence-electron chi connectivity index (χ2n) is 4.55. The van der Waals surface area contributed by atoms with Gasteiger partial charge in [-0.1, -0.05) is 18.2 Å². The first-order valence-corrected chi connectivity index (χ1v) is 7.94. The van der Waals surface area contributed by atoms with E-state index >= 15 is 0 Å². The van der Waals surface area contributed by atoms with Crippen molar-refractivity contribution in [3.8, 4) is 17.6 Å². The molecule has 0 heterocycles. The van der Waals surface area contributed by atoms with Gasteiger partial charge in [0.1, 0.15) is 6.61 Å². The average Bonchev–Trinajstić information content (AvgIpc) is 2.54. The molecule has 4 nitrogen and oxygen atoms in total. The molecule has 0 aromatic heterocycles. The predicted molar refractivity (Wildman–Crippen MR) is 91.7 cm³/mol. The molecule has 2 rings (SSSR count). The van der Waals surface area contributed by atoms with Crippen LogP contribution in [0.1, 0.15) is 23.6 Å². The molecule has 0 radical (unpaired) electrons. The van der Waals surface area contributed by atoms with Crippen molar-refractivity contribution in [2.75, 3.05) is 6.61 Å².